The second-order valence-corrected chi connectivity index (χ2v) is 8.88. The predicted molar refractivity (Wildman–Crippen MR) is 110 cm³/mol. The summed E-state index contributed by atoms with van der Waals surface area (Å²) in [6.07, 6.45) is -4.56. The van der Waals surface area contributed by atoms with Crippen LogP contribution in [0.3, 0.4) is 0 Å². The van der Waals surface area contributed by atoms with Crippen molar-refractivity contribution in [1.29, 1.82) is 0 Å². The highest BCUT2D eigenvalue weighted by Gasteiger charge is 2.31. The van der Waals surface area contributed by atoms with Crippen LogP contribution in [0.1, 0.15) is 42.3 Å². The number of amides is 1. The third kappa shape index (κ3) is 6.36. The Morgan fingerprint density at radius 1 is 1.10 bits per heavy atom. The molecule has 2 aromatic rings. The maximum atomic E-state index is 13.0. The van der Waals surface area contributed by atoms with Crippen molar-refractivity contribution in [2.45, 2.75) is 39.5 Å². The molecule has 0 aromatic heterocycles. The highest BCUT2D eigenvalue weighted by molar-refractivity contribution is 7.87. The molecular weight excluding hydrogens is 435 g/mol. The van der Waals surface area contributed by atoms with Crippen LogP contribution >= 0.6 is 0 Å². The standard InChI is InChI=1S/C21H24F3NO5S/c1-5-31(27,28)30-19-11-15(9-10-18(19)29-4)13-25(14(2)3)20(26)16-7-6-8-17(12-16)21(22,23)24/h6-12,14H,5,13H2,1-4H3. The van der Waals surface area contributed by atoms with Crippen molar-refractivity contribution in [2.24, 2.45) is 0 Å². The highest BCUT2D eigenvalue weighted by atomic mass is 32.2. The van der Waals surface area contributed by atoms with Gasteiger partial charge in [0, 0.05) is 18.2 Å². The van der Waals surface area contributed by atoms with E-state index in [9.17, 15) is 26.4 Å². The lowest BCUT2D eigenvalue weighted by Crippen LogP contribution is -2.36. The first-order valence-corrected chi connectivity index (χ1v) is 11.0. The Labute approximate surface area is 179 Å². The molecule has 0 spiro atoms. The summed E-state index contributed by atoms with van der Waals surface area (Å²) in [6.45, 7) is 4.92. The molecular formula is C21H24F3NO5S. The topological polar surface area (TPSA) is 72.9 Å². The number of ether oxygens (including phenoxy) is 1. The van der Waals surface area contributed by atoms with E-state index in [1.165, 1.54) is 43.2 Å². The third-order valence-corrected chi connectivity index (χ3v) is 5.61. The zero-order chi connectivity index (χ0) is 23.4. The van der Waals surface area contributed by atoms with Gasteiger partial charge < -0.3 is 13.8 Å². The molecule has 0 aliphatic heterocycles. The van der Waals surface area contributed by atoms with E-state index in [1.807, 2.05) is 0 Å². The van der Waals surface area contributed by atoms with Crippen LogP contribution in [0.25, 0.3) is 0 Å². The molecule has 0 aliphatic rings. The van der Waals surface area contributed by atoms with Crippen molar-refractivity contribution in [1.82, 2.24) is 4.90 Å². The Balaban J connectivity index is 2.36. The van der Waals surface area contributed by atoms with E-state index < -0.39 is 27.8 Å². The minimum absolute atomic E-state index is 0.0271. The molecule has 2 aromatic carbocycles. The average Bonchev–Trinajstić information content (AvgIpc) is 2.70. The molecule has 0 saturated heterocycles. The maximum absolute atomic E-state index is 13.0. The van der Waals surface area contributed by atoms with Crippen LogP contribution in [0.5, 0.6) is 11.5 Å². The number of benzene rings is 2. The number of carbonyl (C=O) groups excluding carboxylic acids is 1. The lowest BCUT2D eigenvalue weighted by molar-refractivity contribution is -0.137. The zero-order valence-corrected chi connectivity index (χ0v) is 18.4. The Morgan fingerprint density at radius 2 is 1.77 bits per heavy atom. The van der Waals surface area contributed by atoms with Gasteiger partial charge in [0.25, 0.3) is 5.91 Å². The van der Waals surface area contributed by atoms with Crippen molar-refractivity contribution in [3.05, 3.63) is 59.2 Å². The number of nitrogens with zero attached hydrogens (tertiary/aromatic N) is 1. The summed E-state index contributed by atoms with van der Waals surface area (Å²) in [5, 5.41) is 0. The van der Waals surface area contributed by atoms with Gasteiger partial charge in [0.1, 0.15) is 0 Å². The molecule has 1 amide bonds. The molecule has 10 heteroatoms. The molecule has 170 valence electrons. The summed E-state index contributed by atoms with van der Waals surface area (Å²) in [6, 6.07) is 8.44. The number of rotatable bonds is 8. The van der Waals surface area contributed by atoms with Crippen LogP contribution in [-0.4, -0.2) is 38.1 Å². The molecule has 0 heterocycles. The minimum Gasteiger partial charge on any atom is -0.493 e. The van der Waals surface area contributed by atoms with Crippen molar-refractivity contribution < 1.29 is 35.3 Å². The first kappa shape index (κ1) is 24.5. The van der Waals surface area contributed by atoms with Gasteiger partial charge in [-0.3, -0.25) is 4.79 Å². The quantitative estimate of drug-likeness (QED) is 0.544. The number of hydrogen-bond acceptors (Lipinski definition) is 5. The van der Waals surface area contributed by atoms with Gasteiger partial charge in [-0.25, -0.2) is 0 Å². The molecule has 0 N–H and O–H groups in total. The van der Waals surface area contributed by atoms with Gasteiger partial charge in [-0.15, -0.1) is 0 Å². The third-order valence-electron chi connectivity index (χ3n) is 4.47. The first-order chi connectivity index (χ1) is 14.4. The Bertz CT molecular complexity index is 1040. The number of methoxy groups -OCH3 is 1. The van der Waals surface area contributed by atoms with Gasteiger partial charge in [0.05, 0.1) is 18.4 Å². The molecule has 31 heavy (non-hydrogen) atoms. The Morgan fingerprint density at radius 3 is 2.32 bits per heavy atom. The predicted octanol–water partition coefficient (Wildman–Crippen LogP) is 4.49. The summed E-state index contributed by atoms with van der Waals surface area (Å²) in [5.41, 5.74) is -0.481. The summed E-state index contributed by atoms with van der Waals surface area (Å²) in [7, 11) is -2.45. The van der Waals surface area contributed by atoms with Crippen LogP contribution < -0.4 is 8.92 Å². The van der Waals surface area contributed by atoms with Gasteiger partial charge in [-0.05, 0) is 56.7 Å². The number of hydrogen-bond donors (Lipinski definition) is 0. The van der Waals surface area contributed by atoms with E-state index in [1.54, 1.807) is 19.9 Å². The van der Waals surface area contributed by atoms with Crippen molar-refractivity contribution in [3.63, 3.8) is 0 Å². The molecule has 2 rings (SSSR count). The molecule has 6 nitrogen and oxygen atoms in total. The molecule has 0 saturated carbocycles. The van der Waals surface area contributed by atoms with Crippen LogP contribution in [-0.2, 0) is 22.8 Å². The van der Waals surface area contributed by atoms with Crippen molar-refractivity contribution in [3.8, 4) is 11.5 Å². The number of alkyl halides is 3. The second-order valence-electron chi connectivity index (χ2n) is 7.02. The minimum atomic E-state index is -4.56. The van der Waals surface area contributed by atoms with Crippen molar-refractivity contribution >= 4 is 16.0 Å². The Kier molecular flexibility index (Phi) is 7.58. The van der Waals surface area contributed by atoms with Crippen molar-refractivity contribution in [2.75, 3.05) is 12.9 Å². The molecule has 0 aliphatic carbocycles. The summed E-state index contributed by atoms with van der Waals surface area (Å²) in [5.74, 6) is -0.661. The van der Waals surface area contributed by atoms with Gasteiger partial charge in [0.2, 0.25) is 0 Å². The van der Waals surface area contributed by atoms with Gasteiger partial charge >= 0.3 is 16.3 Å². The van der Waals surface area contributed by atoms with Gasteiger partial charge in [-0.2, -0.15) is 21.6 Å². The van der Waals surface area contributed by atoms with E-state index >= 15 is 0 Å². The van der Waals surface area contributed by atoms with Crippen LogP contribution in [0.2, 0.25) is 0 Å². The van der Waals surface area contributed by atoms with Crippen LogP contribution in [0.15, 0.2) is 42.5 Å². The second kappa shape index (κ2) is 9.59. The fourth-order valence-electron chi connectivity index (χ4n) is 2.76. The average molecular weight is 459 g/mol. The lowest BCUT2D eigenvalue weighted by atomic mass is 10.1. The van der Waals surface area contributed by atoms with E-state index in [4.69, 9.17) is 8.92 Å². The number of halogens is 3. The monoisotopic (exact) mass is 459 g/mol. The van der Waals surface area contributed by atoms with E-state index in [2.05, 4.69) is 0 Å². The van der Waals surface area contributed by atoms with Crippen LogP contribution in [0, 0.1) is 0 Å². The SMILES string of the molecule is CCS(=O)(=O)Oc1cc(CN(C(=O)c2cccc(C(F)(F)F)c2)C(C)C)ccc1OC. The smallest absolute Gasteiger partial charge is 0.416 e. The fraction of sp³-hybridized carbons (Fsp3) is 0.381. The Hall–Kier alpha value is -2.75. The molecule has 0 radical (unpaired) electrons. The summed E-state index contributed by atoms with van der Waals surface area (Å²) < 4.78 is 73.0. The van der Waals surface area contributed by atoms with E-state index in [-0.39, 0.29) is 35.4 Å². The zero-order valence-electron chi connectivity index (χ0n) is 17.6. The van der Waals surface area contributed by atoms with E-state index in [0.717, 1.165) is 12.1 Å². The molecule has 0 bridgehead atoms. The normalized spacial score (nSPS) is 12.0. The van der Waals surface area contributed by atoms with Gasteiger partial charge in [-0.1, -0.05) is 12.1 Å². The molecule has 0 atom stereocenters. The molecule has 0 fully saturated rings. The largest absolute Gasteiger partial charge is 0.493 e. The van der Waals surface area contributed by atoms with E-state index in [0.29, 0.717) is 5.56 Å². The summed E-state index contributed by atoms with van der Waals surface area (Å²) >= 11 is 0. The summed E-state index contributed by atoms with van der Waals surface area (Å²) in [4.78, 5) is 14.3. The first-order valence-electron chi connectivity index (χ1n) is 9.45. The number of carbonyl (C=O) groups is 1. The van der Waals surface area contributed by atoms with Gasteiger partial charge in [0.15, 0.2) is 11.5 Å². The molecule has 0 unspecified atom stereocenters. The fourth-order valence-corrected chi connectivity index (χ4v) is 3.28. The highest BCUT2D eigenvalue weighted by Crippen LogP contribution is 2.32. The van der Waals surface area contributed by atoms with Crippen LogP contribution in [0.4, 0.5) is 13.2 Å². The maximum Gasteiger partial charge on any atom is 0.416 e. The lowest BCUT2D eigenvalue weighted by Gasteiger charge is -2.27.